The molecule has 0 saturated heterocycles. The second-order valence-electron chi connectivity index (χ2n) is 4.00. The summed E-state index contributed by atoms with van der Waals surface area (Å²) in [6.07, 6.45) is 0. The number of H-pyrrole nitrogens is 1. The summed E-state index contributed by atoms with van der Waals surface area (Å²) in [6, 6.07) is 4.78. The molecule has 0 unspecified atom stereocenters. The number of aromatic nitrogens is 1. The van der Waals surface area contributed by atoms with E-state index in [1.54, 1.807) is 0 Å². The molecule has 0 fully saturated rings. The number of hydrogen-bond acceptors (Lipinski definition) is 3. The number of aromatic carboxylic acids is 1. The van der Waals surface area contributed by atoms with Crippen molar-refractivity contribution in [3.63, 3.8) is 0 Å². The van der Waals surface area contributed by atoms with Crippen LogP contribution in [0.3, 0.4) is 0 Å². The Labute approximate surface area is 116 Å². The van der Waals surface area contributed by atoms with Crippen molar-refractivity contribution in [2.24, 2.45) is 0 Å². The minimum atomic E-state index is -1.54. The SMILES string of the molecule is O=C(Nc1cc(F)c(F)cc1C(=O)O)c1cccc(=O)[nH]1. The number of hydrogen-bond donors (Lipinski definition) is 3. The van der Waals surface area contributed by atoms with Gasteiger partial charge < -0.3 is 15.4 Å². The molecule has 21 heavy (non-hydrogen) atoms. The number of pyridine rings is 1. The minimum Gasteiger partial charge on any atom is -0.478 e. The van der Waals surface area contributed by atoms with Gasteiger partial charge in [-0.1, -0.05) is 6.07 Å². The number of amides is 1. The molecule has 2 rings (SSSR count). The van der Waals surface area contributed by atoms with Crippen LogP contribution < -0.4 is 10.9 Å². The van der Waals surface area contributed by atoms with Crippen molar-refractivity contribution in [3.05, 3.63) is 63.6 Å². The van der Waals surface area contributed by atoms with Crippen LogP contribution in [0.15, 0.2) is 35.1 Å². The van der Waals surface area contributed by atoms with Crippen molar-refractivity contribution in [1.82, 2.24) is 4.98 Å². The van der Waals surface area contributed by atoms with E-state index in [9.17, 15) is 23.2 Å². The minimum absolute atomic E-state index is 0.149. The third kappa shape index (κ3) is 3.11. The predicted molar refractivity (Wildman–Crippen MR) is 68.3 cm³/mol. The Morgan fingerprint density at radius 2 is 1.81 bits per heavy atom. The smallest absolute Gasteiger partial charge is 0.337 e. The van der Waals surface area contributed by atoms with E-state index in [4.69, 9.17) is 5.11 Å². The number of carbonyl (C=O) groups excluding carboxylic acids is 1. The van der Waals surface area contributed by atoms with Crippen molar-refractivity contribution in [1.29, 1.82) is 0 Å². The molecular weight excluding hydrogens is 286 g/mol. The summed E-state index contributed by atoms with van der Waals surface area (Å²) in [6.45, 7) is 0. The Hall–Kier alpha value is -3.03. The van der Waals surface area contributed by atoms with Gasteiger partial charge in [-0.05, 0) is 12.1 Å². The molecule has 0 atom stereocenters. The number of halogens is 2. The van der Waals surface area contributed by atoms with Gasteiger partial charge in [-0.15, -0.1) is 0 Å². The average molecular weight is 294 g/mol. The summed E-state index contributed by atoms with van der Waals surface area (Å²) < 4.78 is 26.2. The monoisotopic (exact) mass is 294 g/mol. The summed E-state index contributed by atoms with van der Waals surface area (Å²) in [7, 11) is 0. The van der Waals surface area contributed by atoms with Gasteiger partial charge >= 0.3 is 5.97 Å². The highest BCUT2D eigenvalue weighted by molar-refractivity contribution is 6.06. The first kappa shape index (κ1) is 14.4. The normalized spacial score (nSPS) is 10.2. The molecule has 1 aromatic heterocycles. The van der Waals surface area contributed by atoms with Crippen LogP contribution in [0.1, 0.15) is 20.8 Å². The van der Waals surface area contributed by atoms with Crippen LogP contribution in [0, 0.1) is 11.6 Å². The molecule has 0 aliphatic rings. The standard InChI is InChI=1S/C13H8F2N2O4/c14-7-4-6(13(20)21)10(5-8(7)15)17-12(19)9-2-1-3-11(18)16-9/h1-5H,(H,16,18)(H,17,19)(H,20,21). The van der Waals surface area contributed by atoms with E-state index >= 15 is 0 Å². The van der Waals surface area contributed by atoms with Crippen molar-refractivity contribution in [2.45, 2.75) is 0 Å². The van der Waals surface area contributed by atoms with Crippen LogP contribution in [-0.2, 0) is 0 Å². The zero-order valence-electron chi connectivity index (χ0n) is 10.3. The van der Waals surface area contributed by atoms with Gasteiger partial charge in [0.05, 0.1) is 11.3 Å². The molecule has 6 nitrogen and oxygen atoms in total. The molecule has 0 aliphatic heterocycles. The maximum absolute atomic E-state index is 13.2. The first-order chi connectivity index (χ1) is 9.88. The van der Waals surface area contributed by atoms with Crippen LogP contribution in [0.4, 0.5) is 14.5 Å². The molecule has 8 heteroatoms. The maximum Gasteiger partial charge on any atom is 0.337 e. The van der Waals surface area contributed by atoms with Crippen molar-refractivity contribution in [2.75, 3.05) is 5.32 Å². The zero-order chi connectivity index (χ0) is 15.6. The second kappa shape index (κ2) is 5.53. The van der Waals surface area contributed by atoms with E-state index in [1.807, 2.05) is 0 Å². The fourth-order valence-electron chi connectivity index (χ4n) is 1.60. The molecule has 1 amide bonds. The van der Waals surface area contributed by atoms with Crippen LogP contribution in [0.5, 0.6) is 0 Å². The Kier molecular flexibility index (Phi) is 3.79. The second-order valence-corrected chi connectivity index (χ2v) is 4.00. The summed E-state index contributed by atoms with van der Waals surface area (Å²) in [5.41, 5.74) is -1.72. The number of carboxylic acid groups (broad SMARTS) is 1. The zero-order valence-corrected chi connectivity index (χ0v) is 10.3. The molecule has 0 saturated carbocycles. The molecule has 0 spiro atoms. The van der Waals surface area contributed by atoms with Gasteiger partial charge in [-0.3, -0.25) is 9.59 Å². The molecule has 0 radical (unpaired) electrons. The predicted octanol–water partition coefficient (Wildman–Crippen LogP) is 1.60. The quantitative estimate of drug-likeness (QED) is 0.800. The lowest BCUT2D eigenvalue weighted by Crippen LogP contribution is -2.19. The number of nitrogens with one attached hydrogen (secondary N) is 2. The van der Waals surface area contributed by atoms with Crippen LogP contribution >= 0.6 is 0 Å². The lowest BCUT2D eigenvalue weighted by Gasteiger charge is -2.09. The van der Waals surface area contributed by atoms with E-state index in [1.165, 1.54) is 18.2 Å². The third-order valence-corrected chi connectivity index (χ3v) is 2.55. The average Bonchev–Trinajstić information content (AvgIpc) is 2.42. The topological polar surface area (TPSA) is 99.3 Å². The summed E-state index contributed by atoms with van der Waals surface area (Å²) in [5, 5.41) is 11.0. The molecule has 0 aliphatic carbocycles. The Morgan fingerprint density at radius 1 is 1.14 bits per heavy atom. The molecule has 108 valence electrons. The highest BCUT2D eigenvalue weighted by Gasteiger charge is 2.18. The largest absolute Gasteiger partial charge is 0.478 e. The Morgan fingerprint density at radius 3 is 2.43 bits per heavy atom. The summed E-state index contributed by atoms with van der Waals surface area (Å²) in [5.74, 6) is -5.05. The van der Waals surface area contributed by atoms with Crippen LogP contribution in [-0.4, -0.2) is 22.0 Å². The fourth-order valence-corrected chi connectivity index (χ4v) is 1.60. The first-order valence-electron chi connectivity index (χ1n) is 5.61. The summed E-state index contributed by atoms with van der Waals surface area (Å²) in [4.78, 5) is 36.1. The van der Waals surface area contributed by atoms with Gasteiger partial charge in [0.1, 0.15) is 5.69 Å². The molecular formula is C13H8F2N2O4. The third-order valence-electron chi connectivity index (χ3n) is 2.55. The molecule has 1 heterocycles. The lowest BCUT2D eigenvalue weighted by molar-refractivity contribution is 0.0697. The number of anilines is 1. The van der Waals surface area contributed by atoms with E-state index in [-0.39, 0.29) is 5.69 Å². The van der Waals surface area contributed by atoms with Gasteiger partial charge in [0.2, 0.25) is 5.56 Å². The number of carboxylic acids is 1. The number of carbonyl (C=O) groups is 2. The van der Waals surface area contributed by atoms with E-state index in [2.05, 4.69) is 10.3 Å². The first-order valence-corrected chi connectivity index (χ1v) is 5.61. The molecule has 2 aromatic rings. The van der Waals surface area contributed by atoms with E-state index < -0.39 is 40.3 Å². The van der Waals surface area contributed by atoms with E-state index in [0.717, 1.165) is 0 Å². The lowest BCUT2D eigenvalue weighted by atomic mass is 10.1. The number of aromatic amines is 1. The van der Waals surface area contributed by atoms with Crippen LogP contribution in [0.2, 0.25) is 0 Å². The Bertz CT molecular complexity index is 786. The van der Waals surface area contributed by atoms with Gasteiger partial charge in [0, 0.05) is 12.1 Å². The number of rotatable bonds is 3. The van der Waals surface area contributed by atoms with Gasteiger partial charge in [-0.25, -0.2) is 13.6 Å². The van der Waals surface area contributed by atoms with Gasteiger partial charge in [-0.2, -0.15) is 0 Å². The fraction of sp³-hybridized carbons (Fsp3) is 0. The van der Waals surface area contributed by atoms with Gasteiger partial charge in [0.25, 0.3) is 5.91 Å². The van der Waals surface area contributed by atoms with Crippen molar-refractivity contribution in [3.8, 4) is 0 Å². The van der Waals surface area contributed by atoms with Crippen molar-refractivity contribution < 1.29 is 23.5 Å². The summed E-state index contributed by atoms with van der Waals surface area (Å²) >= 11 is 0. The van der Waals surface area contributed by atoms with Crippen molar-refractivity contribution >= 4 is 17.6 Å². The van der Waals surface area contributed by atoms with Gasteiger partial charge in [0.15, 0.2) is 11.6 Å². The molecule has 0 bridgehead atoms. The highest BCUT2D eigenvalue weighted by atomic mass is 19.2. The Balaban J connectivity index is 2.39. The molecule has 1 aromatic carbocycles. The number of benzene rings is 1. The van der Waals surface area contributed by atoms with E-state index in [0.29, 0.717) is 12.1 Å². The maximum atomic E-state index is 13.2. The molecule has 3 N–H and O–H groups in total. The highest BCUT2D eigenvalue weighted by Crippen LogP contribution is 2.20. The van der Waals surface area contributed by atoms with Crippen LogP contribution in [0.25, 0.3) is 0 Å².